The molecule has 1 aromatic carbocycles. The van der Waals surface area contributed by atoms with Gasteiger partial charge in [-0.25, -0.2) is 9.67 Å². The molecule has 2 aromatic heterocycles. The highest BCUT2D eigenvalue weighted by Gasteiger charge is 2.21. The van der Waals surface area contributed by atoms with Crippen LogP contribution >= 0.6 is 0 Å². The fourth-order valence-electron chi connectivity index (χ4n) is 3.24. The standard InChI is InChI=1S/C21H21N5O2/c1-15-11-21(26(25-15)18-6-9-27-10-7-18)28-19-5-8-23-20(13-19)24-17-4-2-3-16(12-17)14-22/h2-5,8,11-13,18H,6-7,9-10H2,1H3,(H,23,24). The summed E-state index contributed by atoms with van der Waals surface area (Å²) in [7, 11) is 0. The number of hydrogen-bond acceptors (Lipinski definition) is 6. The normalized spacial score (nSPS) is 14.4. The smallest absolute Gasteiger partial charge is 0.218 e. The van der Waals surface area contributed by atoms with Crippen LogP contribution in [0.15, 0.2) is 48.7 Å². The van der Waals surface area contributed by atoms with Gasteiger partial charge >= 0.3 is 0 Å². The van der Waals surface area contributed by atoms with Gasteiger partial charge in [0.05, 0.1) is 23.4 Å². The molecule has 3 aromatic rings. The average molecular weight is 375 g/mol. The minimum Gasteiger partial charge on any atom is -0.439 e. The Morgan fingerprint density at radius 2 is 2.07 bits per heavy atom. The third-order valence-corrected chi connectivity index (χ3v) is 4.58. The van der Waals surface area contributed by atoms with Crippen molar-refractivity contribution in [2.45, 2.75) is 25.8 Å². The number of hydrogen-bond donors (Lipinski definition) is 1. The van der Waals surface area contributed by atoms with Crippen LogP contribution < -0.4 is 10.1 Å². The first-order valence-electron chi connectivity index (χ1n) is 9.26. The molecule has 3 heterocycles. The van der Waals surface area contributed by atoms with Crippen molar-refractivity contribution in [2.24, 2.45) is 0 Å². The van der Waals surface area contributed by atoms with Crippen molar-refractivity contribution >= 4 is 11.5 Å². The third-order valence-electron chi connectivity index (χ3n) is 4.58. The Balaban J connectivity index is 1.53. The molecule has 1 N–H and O–H groups in total. The van der Waals surface area contributed by atoms with Crippen molar-refractivity contribution in [2.75, 3.05) is 18.5 Å². The number of aromatic nitrogens is 3. The van der Waals surface area contributed by atoms with Gasteiger partial charge in [-0.15, -0.1) is 0 Å². The molecule has 142 valence electrons. The maximum Gasteiger partial charge on any atom is 0.218 e. The number of nitrogens with one attached hydrogen (secondary N) is 1. The minimum atomic E-state index is 0.283. The molecule has 1 fully saturated rings. The van der Waals surface area contributed by atoms with Crippen LogP contribution in [-0.2, 0) is 4.74 Å². The van der Waals surface area contributed by atoms with Gasteiger partial charge in [0.1, 0.15) is 11.6 Å². The largest absolute Gasteiger partial charge is 0.439 e. The highest BCUT2D eigenvalue weighted by Crippen LogP contribution is 2.30. The number of nitrogens with zero attached hydrogens (tertiary/aromatic N) is 4. The molecule has 1 aliphatic rings. The van der Waals surface area contributed by atoms with Crippen molar-refractivity contribution in [1.82, 2.24) is 14.8 Å². The second kappa shape index (κ2) is 8.11. The van der Waals surface area contributed by atoms with Crippen LogP contribution in [0.25, 0.3) is 0 Å². The van der Waals surface area contributed by atoms with Crippen LogP contribution in [-0.4, -0.2) is 28.0 Å². The molecule has 0 spiro atoms. The Hall–Kier alpha value is -3.37. The number of anilines is 2. The number of pyridine rings is 1. The van der Waals surface area contributed by atoms with Gasteiger partial charge < -0.3 is 14.8 Å². The minimum absolute atomic E-state index is 0.283. The Morgan fingerprint density at radius 1 is 1.21 bits per heavy atom. The summed E-state index contributed by atoms with van der Waals surface area (Å²) in [6, 6.07) is 15.3. The zero-order chi connectivity index (χ0) is 19.3. The Bertz CT molecular complexity index is 1000. The van der Waals surface area contributed by atoms with E-state index in [0.717, 1.165) is 37.4 Å². The van der Waals surface area contributed by atoms with E-state index in [4.69, 9.17) is 14.7 Å². The molecule has 4 rings (SSSR count). The van der Waals surface area contributed by atoms with Crippen LogP contribution in [0.3, 0.4) is 0 Å². The lowest BCUT2D eigenvalue weighted by Crippen LogP contribution is -2.21. The van der Waals surface area contributed by atoms with Crippen molar-refractivity contribution in [3.8, 4) is 17.7 Å². The monoisotopic (exact) mass is 375 g/mol. The fourth-order valence-corrected chi connectivity index (χ4v) is 3.24. The van der Waals surface area contributed by atoms with Crippen LogP contribution in [0.1, 0.15) is 30.1 Å². The van der Waals surface area contributed by atoms with Gasteiger partial charge in [-0.1, -0.05) is 6.07 Å². The predicted molar refractivity (Wildman–Crippen MR) is 105 cm³/mol. The fraction of sp³-hybridized carbons (Fsp3) is 0.286. The second-order valence-electron chi connectivity index (χ2n) is 6.71. The highest BCUT2D eigenvalue weighted by molar-refractivity contribution is 5.59. The summed E-state index contributed by atoms with van der Waals surface area (Å²) in [5.41, 5.74) is 2.31. The molecule has 0 bridgehead atoms. The second-order valence-corrected chi connectivity index (χ2v) is 6.71. The summed E-state index contributed by atoms with van der Waals surface area (Å²) in [5.74, 6) is 2.02. The van der Waals surface area contributed by atoms with Crippen LogP contribution in [0.2, 0.25) is 0 Å². The van der Waals surface area contributed by atoms with Gasteiger partial charge in [0.25, 0.3) is 0 Å². The molecule has 0 amide bonds. The van der Waals surface area contributed by atoms with E-state index in [0.29, 0.717) is 23.0 Å². The topological polar surface area (TPSA) is 85.0 Å². The zero-order valence-electron chi connectivity index (χ0n) is 15.6. The number of nitriles is 1. The van der Waals surface area contributed by atoms with Gasteiger partial charge in [0, 0.05) is 37.2 Å². The van der Waals surface area contributed by atoms with Gasteiger partial charge in [-0.3, -0.25) is 0 Å². The van der Waals surface area contributed by atoms with Crippen molar-refractivity contribution < 1.29 is 9.47 Å². The Kier molecular flexibility index (Phi) is 5.22. The van der Waals surface area contributed by atoms with E-state index in [-0.39, 0.29) is 6.04 Å². The molecule has 0 saturated carbocycles. The maximum absolute atomic E-state index is 9.04. The van der Waals surface area contributed by atoms with Crippen LogP contribution in [0, 0.1) is 18.3 Å². The van der Waals surface area contributed by atoms with E-state index in [9.17, 15) is 0 Å². The first kappa shape index (κ1) is 18.0. The lowest BCUT2D eigenvalue weighted by Gasteiger charge is -2.23. The third kappa shape index (κ3) is 4.13. The van der Waals surface area contributed by atoms with E-state index < -0.39 is 0 Å². The molecular weight excluding hydrogens is 354 g/mol. The van der Waals surface area contributed by atoms with Gasteiger partial charge in [0.2, 0.25) is 5.88 Å². The number of aryl methyl sites for hydroxylation is 1. The average Bonchev–Trinajstić information content (AvgIpc) is 3.09. The molecule has 1 saturated heterocycles. The summed E-state index contributed by atoms with van der Waals surface area (Å²) in [4.78, 5) is 4.34. The Labute approximate surface area is 163 Å². The van der Waals surface area contributed by atoms with Crippen molar-refractivity contribution in [1.29, 1.82) is 5.26 Å². The van der Waals surface area contributed by atoms with Gasteiger partial charge in [-0.05, 0) is 44.0 Å². The number of rotatable bonds is 5. The number of ether oxygens (including phenoxy) is 2. The number of benzene rings is 1. The molecule has 7 nitrogen and oxygen atoms in total. The SMILES string of the molecule is Cc1cc(Oc2ccnc(Nc3cccc(C#N)c3)c2)n(C2CCOCC2)n1. The van der Waals surface area contributed by atoms with Crippen molar-refractivity contribution in [3.05, 3.63) is 59.9 Å². The maximum atomic E-state index is 9.04. The Morgan fingerprint density at radius 3 is 2.89 bits per heavy atom. The first-order valence-corrected chi connectivity index (χ1v) is 9.26. The summed E-state index contributed by atoms with van der Waals surface area (Å²) >= 11 is 0. The molecule has 0 radical (unpaired) electrons. The first-order chi connectivity index (χ1) is 13.7. The molecule has 0 aliphatic carbocycles. The molecule has 1 aliphatic heterocycles. The highest BCUT2D eigenvalue weighted by atomic mass is 16.5. The predicted octanol–water partition coefficient (Wildman–Crippen LogP) is 4.35. The summed E-state index contributed by atoms with van der Waals surface area (Å²) in [5, 5.41) is 16.9. The van der Waals surface area contributed by atoms with E-state index in [1.54, 1.807) is 18.3 Å². The van der Waals surface area contributed by atoms with E-state index in [1.165, 1.54) is 0 Å². The zero-order valence-corrected chi connectivity index (χ0v) is 15.6. The molecule has 7 heteroatoms. The lowest BCUT2D eigenvalue weighted by atomic mass is 10.1. The summed E-state index contributed by atoms with van der Waals surface area (Å²) in [6.45, 7) is 3.45. The lowest BCUT2D eigenvalue weighted by molar-refractivity contribution is 0.0642. The van der Waals surface area contributed by atoms with Crippen LogP contribution in [0.4, 0.5) is 11.5 Å². The summed E-state index contributed by atoms with van der Waals surface area (Å²) < 4.78 is 13.6. The van der Waals surface area contributed by atoms with Crippen LogP contribution in [0.5, 0.6) is 11.6 Å². The van der Waals surface area contributed by atoms with Crippen molar-refractivity contribution in [3.63, 3.8) is 0 Å². The summed E-state index contributed by atoms with van der Waals surface area (Å²) in [6.07, 6.45) is 3.54. The quantitative estimate of drug-likeness (QED) is 0.714. The van der Waals surface area contributed by atoms with E-state index >= 15 is 0 Å². The molecular formula is C21H21N5O2. The molecule has 28 heavy (non-hydrogen) atoms. The van der Waals surface area contributed by atoms with Gasteiger partial charge in [-0.2, -0.15) is 10.4 Å². The van der Waals surface area contributed by atoms with E-state index in [1.807, 2.05) is 41.9 Å². The molecule has 0 unspecified atom stereocenters. The van der Waals surface area contributed by atoms with E-state index in [2.05, 4.69) is 21.5 Å². The molecule has 0 atom stereocenters. The van der Waals surface area contributed by atoms with Gasteiger partial charge in [0.15, 0.2) is 0 Å².